The van der Waals surface area contributed by atoms with E-state index in [1.165, 1.54) is 6.92 Å². The van der Waals surface area contributed by atoms with Crippen LogP contribution in [-0.2, 0) is 16.1 Å². The summed E-state index contributed by atoms with van der Waals surface area (Å²) in [6.07, 6.45) is 1.35. The Morgan fingerprint density at radius 1 is 1.38 bits per heavy atom. The minimum atomic E-state index is -0.538. The van der Waals surface area contributed by atoms with Gasteiger partial charge in [0.15, 0.2) is 0 Å². The van der Waals surface area contributed by atoms with E-state index >= 15 is 0 Å². The first-order valence-electron chi connectivity index (χ1n) is 7.02. The van der Waals surface area contributed by atoms with Gasteiger partial charge in [0.25, 0.3) is 0 Å². The number of Topliss-reactive ketones (excluding diaryl/α,β-unsaturated/α-hetero) is 1. The second-order valence-corrected chi connectivity index (χ2v) is 5.48. The summed E-state index contributed by atoms with van der Waals surface area (Å²) in [7, 11) is 0. The zero-order chi connectivity index (χ0) is 15.4. The zero-order valence-corrected chi connectivity index (χ0v) is 12.5. The molecule has 1 aromatic carbocycles. The number of rotatable bonds is 5. The fourth-order valence-corrected chi connectivity index (χ4v) is 2.05. The molecule has 1 aromatic rings. The van der Waals surface area contributed by atoms with Gasteiger partial charge < -0.3 is 9.57 Å². The molecule has 0 amide bonds. The minimum absolute atomic E-state index is 0.194. The van der Waals surface area contributed by atoms with Crippen LogP contribution in [0, 0.1) is 5.92 Å². The Morgan fingerprint density at radius 2 is 2.14 bits per heavy atom. The van der Waals surface area contributed by atoms with E-state index in [1.54, 1.807) is 12.1 Å². The normalized spacial score (nSPS) is 15.4. The van der Waals surface area contributed by atoms with Gasteiger partial charge in [0, 0.05) is 18.9 Å². The summed E-state index contributed by atoms with van der Waals surface area (Å²) in [5.41, 5.74) is 1.70. The van der Waals surface area contributed by atoms with Gasteiger partial charge in [-0.25, -0.2) is 4.79 Å². The molecule has 0 aliphatic heterocycles. The molecule has 0 bridgehead atoms. The molecule has 2 rings (SSSR count). The number of carbonyl (C=O) groups excluding carboxylic acids is 2. The highest BCUT2D eigenvalue weighted by Gasteiger charge is 2.27. The van der Waals surface area contributed by atoms with Crippen LogP contribution >= 0.6 is 0 Å². The third-order valence-electron chi connectivity index (χ3n) is 3.19. The Labute approximate surface area is 123 Å². The average molecular weight is 289 g/mol. The van der Waals surface area contributed by atoms with Gasteiger partial charge in [-0.2, -0.15) is 0 Å². The van der Waals surface area contributed by atoms with Crippen LogP contribution in [-0.4, -0.2) is 24.1 Å². The minimum Gasteiger partial charge on any atom is -0.494 e. The number of ether oxygens (including phenoxy) is 1. The van der Waals surface area contributed by atoms with Crippen LogP contribution in [0.4, 0.5) is 0 Å². The van der Waals surface area contributed by atoms with Gasteiger partial charge in [-0.15, -0.1) is 0 Å². The van der Waals surface area contributed by atoms with Crippen molar-refractivity contribution in [1.82, 2.24) is 0 Å². The van der Waals surface area contributed by atoms with Crippen LogP contribution in [0.15, 0.2) is 23.4 Å². The van der Waals surface area contributed by atoms with Crippen molar-refractivity contribution in [2.75, 3.05) is 6.61 Å². The Bertz CT molecular complexity index is 590. The molecular weight excluding hydrogens is 270 g/mol. The smallest absolute Gasteiger partial charge is 0.331 e. The average Bonchev–Trinajstić information content (AvgIpc) is 2.72. The highest BCUT2D eigenvalue weighted by Crippen LogP contribution is 2.25. The highest BCUT2D eigenvalue weighted by molar-refractivity contribution is 6.49. The molecule has 0 fully saturated rings. The van der Waals surface area contributed by atoms with E-state index in [9.17, 15) is 9.59 Å². The second kappa shape index (κ2) is 6.52. The van der Waals surface area contributed by atoms with Crippen molar-refractivity contribution in [2.24, 2.45) is 11.1 Å². The molecule has 0 saturated heterocycles. The van der Waals surface area contributed by atoms with Gasteiger partial charge in [0.1, 0.15) is 11.5 Å². The summed E-state index contributed by atoms with van der Waals surface area (Å²) in [6.45, 7) is 6.18. The molecule has 5 nitrogen and oxygen atoms in total. The number of ketones is 1. The molecule has 1 aliphatic carbocycles. The molecule has 21 heavy (non-hydrogen) atoms. The molecule has 0 aromatic heterocycles. The van der Waals surface area contributed by atoms with Crippen LogP contribution < -0.4 is 4.74 Å². The van der Waals surface area contributed by atoms with Crippen LogP contribution in [0.25, 0.3) is 0 Å². The Morgan fingerprint density at radius 3 is 2.81 bits per heavy atom. The summed E-state index contributed by atoms with van der Waals surface area (Å²) in [6, 6.07) is 5.37. The molecule has 0 saturated carbocycles. The standard InChI is InChI=1S/C16H19NO4/c1-10(2)6-7-20-13-4-5-14-12(8-13)9-15(16(14)19)17-21-11(3)18/h4-5,8,10H,6-7,9H2,1-3H3/b17-15+. The van der Waals surface area contributed by atoms with E-state index in [4.69, 9.17) is 4.74 Å². The first-order valence-corrected chi connectivity index (χ1v) is 7.02. The maximum atomic E-state index is 12.1. The van der Waals surface area contributed by atoms with Crippen LogP contribution in [0.2, 0.25) is 0 Å². The molecule has 0 atom stereocenters. The number of hydrogen-bond donors (Lipinski definition) is 0. The third-order valence-corrected chi connectivity index (χ3v) is 3.19. The molecule has 0 unspecified atom stereocenters. The van der Waals surface area contributed by atoms with Gasteiger partial charge in [-0.3, -0.25) is 4.79 Å². The Hall–Kier alpha value is -2.17. The maximum Gasteiger partial charge on any atom is 0.331 e. The number of oxime groups is 1. The molecule has 0 radical (unpaired) electrons. The first kappa shape index (κ1) is 15.2. The molecule has 0 N–H and O–H groups in total. The largest absolute Gasteiger partial charge is 0.494 e. The van der Waals surface area contributed by atoms with Crippen LogP contribution in [0.3, 0.4) is 0 Å². The summed E-state index contributed by atoms with van der Waals surface area (Å²) in [4.78, 5) is 27.4. The van der Waals surface area contributed by atoms with Gasteiger partial charge in [0.05, 0.1) is 6.61 Å². The predicted molar refractivity (Wildman–Crippen MR) is 78.6 cm³/mol. The first-order chi connectivity index (χ1) is 9.97. The lowest BCUT2D eigenvalue weighted by Crippen LogP contribution is -2.09. The van der Waals surface area contributed by atoms with Gasteiger partial charge in [0.2, 0.25) is 5.78 Å². The van der Waals surface area contributed by atoms with Crippen molar-refractivity contribution >= 4 is 17.5 Å². The lowest BCUT2D eigenvalue weighted by atomic mass is 10.1. The number of benzene rings is 1. The third kappa shape index (κ3) is 3.90. The Kier molecular flexibility index (Phi) is 4.73. The lowest BCUT2D eigenvalue weighted by Gasteiger charge is -2.08. The van der Waals surface area contributed by atoms with Gasteiger partial charge in [-0.05, 0) is 36.1 Å². The molecule has 0 spiro atoms. The van der Waals surface area contributed by atoms with Gasteiger partial charge in [-0.1, -0.05) is 19.0 Å². The van der Waals surface area contributed by atoms with E-state index in [-0.39, 0.29) is 11.5 Å². The molecular formula is C16H19NO4. The lowest BCUT2D eigenvalue weighted by molar-refractivity contribution is -0.140. The van der Waals surface area contributed by atoms with Crippen molar-refractivity contribution in [3.8, 4) is 5.75 Å². The van der Waals surface area contributed by atoms with E-state index in [0.29, 0.717) is 24.5 Å². The van der Waals surface area contributed by atoms with E-state index in [0.717, 1.165) is 17.7 Å². The second-order valence-electron chi connectivity index (χ2n) is 5.48. The van der Waals surface area contributed by atoms with Crippen molar-refractivity contribution in [1.29, 1.82) is 0 Å². The quantitative estimate of drug-likeness (QED) is 0.617. The van der Waals surface area contributed by atoms with Crippen LogP contribution in [0.5, 0.6) is 5.75 Å². The predicted octanol–water partition coefficient (Wildman–Crippen LogP) is 2.77. The monoisotopic (exact) mass is 289 g/mol. The number of fused-ring (bicyclic) bond motifs is 1. The summed E-state index contributed by atoms with van der Waals surface area (Å²) < 4.78 is 5.67. The molecule has 1 aliphatic rings. The SMILES string of the molecule is CC(=O)O/N=C1\Cc2cc(OCCC(C)C)ccc2C1=O. The Balaban J connectivity index is 2.07. The molecule has 0 heterocycles. The van der Waals surface area contributed by atoms with Crippen molar-refractivity contribution in [3.63, 3.8) is 0 Å². The number of nitrogens with zero attached hydrogens (tertiary/aromatic N) is 1. The summed E-state index contributed by atoms with van der Waals surface area (Å²) in [5, 5.41) is 3.61. The fourth-order valence-electron chi connectivity index (χ4n) is 2.05. The van der Waals surface area contributed by atoms with Gasteiger partial charge >= 0.3 is 5.97 Å². The zero-order valence-electron chi connectivity index (χ0n) is 12.5. The summed E-state index contributed by atoms with van der Waals surface area (Å²) >= 11 is 0. The van der Waals surface area contributed by atoms with Crippen molar-refractivity contribution in [3.05, 3.63) is 29.3 Å². The van der Waals surface area contributed by atoms with Crippen LogP contribution in [0.1, 0.15) is 43.1 Å². The topological polar surface area (TPSA) is 65.0 Å². The fraction of sp³-hybridized carbons (Fsp3) is 0.438. The van der Waals surface area contributed by atoms with E-state index in [1.807, 2.05) is 6.07 Å². The maximum absolute atomic E-state index is 12.1. The van der Waals surface area contributed by atoms with E-state index in [2.05, 4.69) is 23.8 Å². The molecule has 112 valence electrons. The number of hydrogen-bond acceptors (Lipinski definition) is 5. The molecule has 5 heteroatoms. The highest BCUT2D eigenvalue weighted by atomic mass is 16.7. The number of carbonyl (C=O) groups is 2. The van der Waals surface area contributed by atoms with E-state index < -0.39 is 5.97 Å². The summed E-state index contributed by atoms with van der Waals surface area (Å²) in [5.74, 6) is 0.600. The van der Waals surface area contributed by atoms with Crippen molar-refractivity contribution in [2.45, 2.75) is 33.6 Å². The van der Waals surface area contributed by atoms with Crippen molar-refractivity contribution < 1.29 is 19.2 Å².